The SMILES string of the molecule is C#CCOC(/N=C(\CC#C)Nc1ccc(OCC2CO2)cc1)=C(/C)Br. The van der Waals surface area contributed by atoms with E-state index in [0.29, 0.717) is 24.7 Å². The Labute approximate surface area is 156 Å². The first-order valence-electron chi connectivity index (χ1n) is 7.67. The van der Waals surface area contributed by atoms with E-state index in [0.717, 1.165) is 22.5 Å². The lowest BCUT2D eigenvalue weighted by Gasteiger charge is -2.11. The number of amidine groups is 1. The Morgan fingerprint density at radius 3 is 2.64 bits per heavy atom. The van der Waals surface area contributed by atoms with Crippen molar-refractivity contribution in [3.8, 4) is 30.4 Å². The maximum absolute atomic E-state index is 5.61. The maximum atomic E-state index is 5.61. The average molecular weight is 403 g/mol. The lowest BCUT2D eigenvalue weighted by molar-refractivity contribution is 0.250. The predicted molar refractivity (Wildman–Crippen MR) is 103 cm³/mol. The van der Waals surface area contributed by atoms with Gasteiger partial charge in [-0.05, 0) is 31.2 Å². The molecule has 1 aliphatic heterocycles. The van der Waals surface area contributed by atoms with E-state index in [1.54, 1.807) is 0 Å². The van der Waals surface area contributed by atoms with Crippen LogP contribution in [0.25, 0.3) is 0 Å². The van der Waals surface area contributed by atoms with Crippen LogP contribution in [-0.2, 0) is 9.47 Å². The zero-order valence-corrected chi connectivity index (χ0v) is 15.5. The minimum atomic E-state index is 0.127. The fourth-order valence-corrected chi connectivity index (χ4v) is 2.01. The van der Waals surface area contributed by atoms with E-state index in [-0.39, 0.29) is 12.7 Å². The van der Waals surface area contributed by atoms with Crippen molar-refractivity contribution in [2.24, 2.45) is 4.99 Å². The van der Waals surface area contributed by atoms with Gasteiger partial charge in [0.05, 0.1) is 17.5 Å². The average Bonchev–Trinajstić information content (AvgIpc) is 3.42. The molecule has 1 aromatic carbocycles. The number of nitrogens with zero attached hydrogens (tertiary/aromatic N) is 1. The van der Waals surface area contributed by atoms with Crippen LogP contribution in [0.1, 0.15) is 13.3 Å². The Hall–Kier alpha value is -2.41. The van der Waals surface area contributed by atoms with Gasteiger partial charge in [-0.2, -0.15) is 4.99 Å². The highest BCUT2D eigenvalue weighted by Gasteiger charge is 2.22. The summed E-state index contributed by atoms with van der Waals surface area (Å²) in [6.45, 7) is 3.29. The number of halogens is 1. The number of ether oxygens (including phenoxy) is 3. The third kappa shape index (κ3) is 6.93. The van der Waals surface area contributed by atoms with Crippen molar-refractivity contribution in [3.05, 3.63) is 34.6 Å². The molecular weight excluding hydrogens is 384 g/mol. The predicted octanol–water partition coefficient (Wildman–Crippen LogP) is 3.53. The molecule has 5 nitrogen and oxygen atoms in total. The van der Waals surface area contributed by atoms with Crippen LogP contribution in [0.5, 0.6) is 5.75 Å². The van der Waals surface area contributed by atoms with Gasteiger partial charge in [-0.25, -0.2) is 0 Å². The van der Waals surface area contributed by atoms with Gasteiger partial charge in [0, 0.05) is 5.69 Å². The Kier molecular flexibility index (Phi) is 7.40. The number of hydrogen-bond acceptors (Lipinski definition) is 4. The second kappa shape index (κ2) is 9.78. The number of benzene rings is 1. The molecule has 2 rings (SSSR count). The third-order valence-corrected chi connectivity index (χ3v) is 3.41. The molecule has 1 unspecified atom stereocenters. The fourth-order valence-electron chi connectivity index (χ4n) is 1.80. The second-order valence-corrected chi connectivity index (χ2v) is 6.38. The molecule has 0 aliphatic carbocycles. The number of nitrogens with one attached hydrogen (secondary N) is 1. The van der Waals surface area contributed by atoms with Crippen LogP contribution in [-0.4, -0.2) is 31.8 Å². The number of anilines is 1. The summed E-state index contributed by atoms with van der Waals surface area (Å²) in [5.41, 5.74) is 0.840. The molecule has 0 amide bonds. The number of aliphatic imine (C=N–C) groups is 1. The van der Waals surface area contributed by atoms with Crippen molar-refractivity contribution in [2.75, 3.05) is 25.1 Å². The molecule has 0 spiro atoms. The number of terminal acetylenes is 2. The molecule has 1 N–H and O–H groups in total. The Morgan fingerprint density at radius 2 is 2.08 bits per heavy atom. The number of rotatable bonds is 8. The van der Waals surface area contributed by atoms with Crippen LogP contribution < -0.4 is 10.1 Å². The van der Waals surface area contributed by atoms with Gasteiger partial charge in [-0.15, -0.1) is 12.8 Å². The summed E-state index contributed by atoms with van der Waals surface area (Å²) in [6, 6.07) is 7.53. The number of allylic oxidation sites excluding steroid dienone is 1. The third-order valence-electron chi connectivity index (χ3n) is 3.07. The van der Waals surface area contributed by atoms with Crippen LogP contribution in [0.3, 0.4) is 0 Å². The molecule has 0 aromatic heterocycles. The topological polar surface area (TPSA) is 55.4 Å². The molecule has 130 valence electrons. The molecule has 0 radical (unpaired) electrons. The van der Waals surface area contributed by atoms with Gasteiger partial charge in [0.15, 0.2) is 6.61 Å². The quantitative estimate of drug-likeness (QED) is 0.237. The van der Waals surface area contributed by atoms with Gasteiger partial charge in [-0.3, -0.25) is 0 Å². The Bertz CT molecular complexity index is 719. The lowest BCUT2D eigenvalue weighted by atomic mass is 10.3. The first kappa shape index (κ1) is 18.9. The molecule has 1 heterocycles. The Morgan fingerprint density at radius 1 is 1.36 bits per heavy atom. The van der Waals surface area contributed by atoms with E-state index >= 15 is 0 Å². The first-order chi connectivity index (χ1) is 12.1. The Balaban J connectivity index is 2.04. The highest BCUT2D eigenvalue weighted by molar-refractivity contribution is 9.11. The molecule has 1 fully saturated rings. The van der Waals surface area contributed by atoms with Crippen LogP contribution in [0.2, 0.25) is 0 Å². The summed E-state index contributed by atoms with van der Waals surface area (Å²) in [7, 11) is 0. The molecule has 1 saturated heterocycles. The summed E-state index contributed by atoms with van der Waals surface area (Å²) in [6.07, 6.45) is 11.2. The molecule has 0 saturated carbocycles. The van der Waals surface area contributed by atoms with Gasteiger partial charge in [0.1, 0.15) is 24.3 Å². The second-order valence-electron chi connectivity index (χ2n) is 5.19. The van der Waals surface area contributed by atoms with Gasteiger partial charge in [-0.1, -0.05) is 27.8 Å². The van der Waals surface area contributed by atoms with Crippen molar-refractivity contribution in [2.45, 2.75) is 19.4 Å². The monoisotopic (exact) mass is 402 g/mol. The summed E-state index contributed by atoms with van der Waals surface area (Å²) < 4.78 is 16.9. The normalized spacial score (nSPS) is 17.0. The smallest absolute Gasteiger partial charge is 0.226 e. The van der Waals surface area contributed by atoms with Crippen LogP contribution in [0.4, 0.5) is 5.69 Å². The lowest BCUT2D eigenvalue weighted by Crippen LogP contribution is -2.12. The number of epoxide rings is 1. The number of hydrogen-bond donors (Lipinski definition) is 1. The first-order valence-corrected chi connectivity index (χ1v) is 8.47. The highest BCUT2D eigenvalue weighted by Crippen LogP contribution is 2.19. The van der Waals surface area contributed by atoms with Crippen molar-refractivity contribution >= 4 is 27.5 Å². The standard InChI is InChI=1S/C19H19BrN2O3/c1-4-6-18(22-19(14(3)20)23-11-5-2)21-15-7-9-16(10-8-15)24-12-17-13-25-17/h1-2,7-10,17H,6,11-13H2,3H3,(H,21,22)/b19-14-. The minimum Gasteiger partial charge on any atom is -0.491 e. The summed E-state index contributed by atoms with van der Waals surface area (Å²) in [4.78, 5) is 4.42. The molecular formula is C19H19BrN2O3. The summed E-state index contributed by atoms with van der Waals surface area (Å²) in [5.74, 6) is 6.73. The summed E-state index contributed by atoms with van der Waals surface area (Å²) in [5, 5.41) is 3.19. The van der Waals surface area contributed by atoms with E-state index in [1.807, 2.05) is 31.2 Å². The fraction of sp³-hybridized carbons (Fsp3) is 0.316. The van der Waals surface area contributed by atoms with Gasteiger partial charge < -0.3 is 19.5 Å². The van der Waals surface area contributed by atoms with Crippen molar-refractivity contribution in [3.63, 3.8) is 0 Å². The molecule has 0 bridgehead atoms. The molecule has 1 aromatic rings. The molecule has 25 heavy (non-hydrogen) atoms. The molecule has 1 atom stereocenters. The molecule has 6 heteroatoms. The van der Waals surface area contributed by atoms with Crippen molar-refractivity contribution in [1.82, 2.24) is 0 Å². The zero-order chi connectivity index (χ0) is 18.1. The summed E-state index contributed by atoms with van der Waals surface area (Å²) >= 11 is 3.35. The van der Waals surface area contributed by atoms with E-state index in [4.69, 9.17) is 27.1 Å². The van der Waals surface area contributed by atoms with Crippen LogP contribution in [0, 0.1) is 24.7 Å². The van der Waals surface area contributed by atoms with E-state index in [1.165, 1.54) is 0 Å². The molecule has 1 aliphatic rings. The highest BCUT2D eigenvalue weighted by atomic mass is 79.9. The minimum absolute atomic E-state index is 0.127. The largest absolute Gasteiger partial charge is 0.491 e. The maximum Gasteiger partial charge on any atom is 0.226 e. The van der Waals surface area contributed by atoms with Gasteiger partial charge in [0.25, 0.3) is 0 Å². The zero-order valence-electron chi connectivity index (χ0n) is 13.9. The van der Waals surface area contributed by atoms with Crippen LogP contribution in [0.15, 0.2) is 39.6 Å². The van der Waals surface area contributed by atoms with Gasteiger partial charge >= 0.3 is 0 Å². The van der Waals surface area contributed by atoms with Crippen molar-refractivity contribution in [1.29, 1.82) is 0 Å². The van der Waals surface area contributed by atoms with Crippen molar-refractivity contribution < 1.29 is 14.2 Å². The van der Waals surface area contributed by atoms with E-state index in [9.17, 15) is 0 Å². The van der Waals surface area contributed by atoms with Gasteiger partial charge in [0.2, 0.25) is 5.88 Å². The van der Waals surface area contributed by atoms with E-state index < -0.39 is 0 Å². The van der Waals surface area contributed by atoms with Crippen LogP contribution >= 0.6 is 15.9 Å². The van der Waals surface area contributed by atoms with E-state index in [2.05, 4.69) is 38.1 Å².